The molecule has 0 saturated carbocycles. The van der Waals surface area contributed by atoms with Gasteiger partial charge < -0.3 is 65.1 Å². The zero-order valence-corrected chi connectivity index (χ0v) is 37.8. The molecule has 12 unspecified atom stereocenters. The maximum atomic E-state index is 13.1. The number of ether oxygens (including phenoxy) is 4. The maximum absolute atomic E-state index is 13.1. The van der Waals surface area contributed by atoms with E-state index in [-0.39, 0.29) is 18.9 Å². The molecular formula is C48H85NO13. The van der Waals surface area contributed by atoms with Gasteiger partial charge in [0.1, 0.15) is 48.8 Å². The minimum Gasteiger partial charge on any atom is -0.394 e. The number of hydrogen-bond acceptors (Lipinski definition) is 13. The fourth-order valence-electron chi connectivity index (χ4n) is 7.51. The fraction of sp³-hybridized carbons (Fsp3) is 0.812. The summed E-state index contributed by atoms with van der Waals surface area (Å²) in [5.41, 5.74) is 0. The summed E-state index contributed by atoms with van der Waals surface area (Å²) in [4.78, 5) is 13.1. The van der Waals surface area contributed by atoms with E-state index in [4.69, 9.17) is 18.9 Å². The Balaban J connectivity index is 1.90. The highest BCUT2D eigenvalue weighted by atomic mass is 16.7. The lowest BCUT2D eigenvalue weighted by molar-refractivity contribution is -0.359. The zero-order chi connectivity index (χ0) is 45.4. The molecule has 1 amide bonds. The Kier molecular flexibility index (Phi) is 31.9. The number of aliphatic hydroxyl groups excluding tert-OH is 8. The number of rotatable bonds is 35. The van der Waals surface area contributed by atoms with E-state index in [1.54, 1.807) is 6.08 Å². The first-order chi connectivity index (χ1) is 30.1. The monoisotopic (exact) mass is 884 g/mol. The number of allylic oxidation sites excluding steroid dienone is 7. The standard InChI is InChI=1S/C48H85NO13/c1-3-5-7-9-11-13-15-17-18-19-20-22-24-26-28-30-32-40(53)49-36(37(52)31-29-27-25-23-21-16-14-12-10-8-6-4-2)35-59-47-45(58)43(56)46(39(34-51)61-47)62-48-44(57)42(55)41(54)38(33-50)60-48/h13,15,18-19,21,23,29,31,36-39,41-48,50-52,54-58H,3-12,14,16-17,20,22,24-28,30,32-35H2,1-2H3,(H,49,53)/b15-13-,19-18-,23-21+,31-29+. The van der Waals surface area contributed by atoms with Crippen molar-refractivity contribution in [2.75, 3.05) is 19.8 Å². The third kappa shape index (κ3) is 22.7. The largest absolute Gasteiger partial charge is 0.394 e. The fourth-order valence-corrected chi connectivity index (χ4v) is 7.51. The number of aliphatic hydroxyl groups is 8. The molecule has 2 saturated heterocycles. The van der Waals surface area contributed by atoms with Gasteiger partial charge in [-0.05, 0) is 64.2 Å². The van der Waals surface area contributed by atoms with E-state index in [1.807, 2.05) is 6.08 Å². The van der Waals surface area contributed by atoms with E-state index >= 15 is 0 Å². The first-order valence-corrected chi connectivity index (χ1v) is 23.9. The average Bonchev–Trinajstić information content (AvgIpc) is 3.27. The third-order valence-corrected chi connectivity index (χ3v) is 11.5. The van der Waals surface area contributed by atoms with E-state index in [1.165, 1.54) is 64.2 Å². The molecule has 0 radical (unpaired) electrons. The van der Waals surface area contributed by atoms with Gasteiger partial charge >= 0.3 is 0 Å². The van der Waals surface area contributed by atoms with Crippen molar-refractivity contribution in [3.05, 3.63) is 48.6 Å². The number of carbonyl (C=O) groups is 1. The van der Waals surface area contributed by atoms with Gasteiger partial charge in [0.15, 0.2) is 12.6 Å². The van der Waals surface area contributed by atoms with Gasteiger partial charge in [0.25, 0.3) is 0 Å². The van der Waals surface area contributed by atoms with Crippen LogP contribution in [0.5, 0.6) is 0 Å². The Labute approximate surface area is 372 Å². The van der Waals surface area contributed by atoms with Crippen LogP contribution in [0.1, 0.15) is 155 Å². The molecule has 0 aromatic rings. The van der Waals surface area contributed by atoms with Gasteiger partial charge in [-0.1, -0.05) is 133 Å². The van der Waals surface area contributed by atoms with Gasteiger partial charge in [-0.25, -0.2) is 0 Å². The van der Waals surface area contributed by atoms with Crippen molar-refractivity contribution >= 4 is 5.91 Å². The molecule has 0 spiro atoms. The van der Waals surface area contributed by atoms with E-state index in [9.17, 15) is 45.6 Å². The van der Waals surface area contributed by atoms with Crippen LogP contribution in [0.3, 0.4) is 0 Å². The van der Waals surface area contributed by atoms with Crippen LogP contribution in [0.4, 0.5) is 0 Å². The number of amides is 1. The normalized spacial score (nSPS) is 28.2. The summed E-state index contributed by atoms with van der Waals surface area (Å²) in [5.74, 6) is -0.267. The van der Waals surface area contributed by atoms with Crippen molar-refractivity contribution in [2.45, 2.75) is 229 Å². The molecule has 62 heavy (non-hydrogen) atoms. The maximum Gasteiger partial charge on any atom is 0.220 e. The second-order valence-electron chi connectivity index (χ2n) is 16.9. The summed E-state index contributed by atoms with van der Waals surface area (Å²) in [6.45, 7) is 2.69. The summed E-state index contributed by atoms with van der Waals surface area (Å²) in [5, 5.41) is 86.5. The molecule has 12 atom stereocenters. The predicted octanol–water partition coefficient (Wildman–Crippen LogP) is 5.32. The van der Waals surface area contributed by atoms with Crippen LogP contribution in [-0.4, -0.2) is 140 Å². The highest BCUT2D eigenvalue weighted by Gasteiger charge is 2.50. The third-order valence-electron chi connectivity index (χ3n) is 11.5. The number of hydrogen-bond donors (Lipinski definition) is 9. The second-order valence-corrected chi connectivity index (χ2v) is 16.9. The summed E-state index contributed by atoms with van der Waals surface area (Å²) >= 11 is 0. The van der Waals surface area contributed by atoms with Gasteiger partial charge in [-0.15, -0.1) is 0 Å². The molecule has 9 N–H and O–H groups in total. The summed E-state index contributed by atoms with van der Waals surface area (Å²) < 4.78 is 22.6. The number of carbonyl (C=O) groups excluding carboxylic acids is 1. The van der Waals surface area contributed by atoms with Crippen LogP contribution < -0.4 is 5.32 Å². The number of unbranched alkanes of at least 4 members (excludes halogenated alkanes) is 16. The Morgan fingerprint density at radius 2 is 1.08 bits per heavy atom. The van der Waals surface area contributed by atoms with Crippen LogP contribution in [0.25, 0.3) is 0 Å². The first-order valence-electron chi connectivity index (χ1n) is 23.9. The molecule has 360 valence electrons. The SMILES string of the molecule is CCCCCC/C=C\C/C=C\CCCCCCCC(=O)NC(COC1OC(CO)C(OC2OC(CO)C(O)C(O)C2O)C(O)C1O)C(O)/C=C/CC/C=C/CCCCCCCC. The van der Waals surface area contributed by atoms with E-state index < -0.39 is 86.8 Å². The molecule has 14 nitrogen and oxygen atoms in total. The molecule has 0 aromatic carbocycles. The Hall–Kier alpha value is -2.05. The molecule has 2 aliphatic rings. The van der Waals surface area contributed by atoms with Gasteiger partial charge in [0.05, 0.1) is 32.0 Å². The van der Waals surface area contributed by atoms with Crippen molar-refractivity contribution in [1.29, 1.82) is 0 Å². The smallest absolute Gasteiger partial charge is 0.220 e. The van der Waals surface area contributed by atoms with Crippen molar-refractivity contribution in [1.82, 2.24) is 5.32 Å². The van der Waals surface area contributed by atoms with Gasteiger partial charge in [0, 0.05) is 6.42 Å². The molecule has 2 fully saturated rings. The van der Waals surface area contributed by atoms with Crippen molar-refractivity contribution in [3.8, 4) is 0 Å². The summed E-state index contributed by atoms with van der Waals surface area (Å²) in [6.07, 6.45) is 23.0. The van der Waals surface area contributed by atoms with Gasteiger partial charge in [0.2, 0.25) is 5.91 Å². The quantitative estimate of drug-likeness (QED) is 0.0291. The number of nitrogens with one attached hydrogen (secondary N) is 1. The lowest BCUT2D eigenvalue weighted by atomic mass is 9.97. The summed E-state index contributed by atoms with van der Waals surface area (Å²) in [7, 11) is 0. The molecule has 2 aliphatic heterocycles. The van der Waals surface area contributed by atoms with Crippen molar-refractivity contribution in [3.63, 3.8) is 0 Å². The first kappa shape index (κ1) is 56.1. The van der Waals surface area contributed by atoms with Crippen LogP contribution in [0.2, 0.25) is 0 Å². The molecule has 2 heterocycles. The Morgan fingerprint density at radius 1 is 0.581 bits per heavy atom. The molecule has 0 aliphatic carbocycles. The lowest BCUT2D eigenvalue weighted by Crippen LogP contribution is -2.65. The molecule has 2 rings (SSSR count). The molecule has 0 aromatic heterocycles. The van der Waals surface area contributed by atoms with Crippen molar-refractivity contribution < 1.29 is 64.6 Å². The van der Waals surface area contributed by atoms with Crippen molar-refractivity contribution in [2.24, 2.45) is 0 Å². The van der Waals surface area contributed by atoms with Crippen LogP contribution >= 0.6 is 0 Å². The van der Waals surface area contributed by atoms with E-state index in [2.05, 4.69) is 55.6 Å². The zero-order valence-electron chi connectivity index (χ0n) is 37.8. The van der Waals surface area contributed by atoms with Crippen LogP contribution in [0.15, 0.2) is 48.6 Å². The minimum atomic E-state index is -1.79. The topological polar surface area (TPSA) is 228 Å². The van der Waals surface area contributed by atoms with Crippen LogP contribution in [0, 0.1) is 0 Å². The average molecular weight is 884 g/mol. The van der Waals surface area contributed by atoms with Gasteiger partial charge in [-0.2, -0.15) is 0 Å². The highest BCUT2D eigenvalue weighted by molar-refractivity contribution is 5.76. The van der Waals surface area contributed by atoms with Gasteiger partial charge in [-0.3, -0.25) is 4.79 Å². The Bertz CT molecular complexity index is 1230. The van der Waals surface area contributed by atoms with E-state index in [0.717, 1.165) is 57.8 Å². The summed E-state index contributed by atoms with van der Waals surface area (Å²) in [6, 6.07) is -0.937. The molecule has 14 heteroatoms. The molecule has 0 bridgehead atoms. The van der Waals surface area contributed by atoms with Crippen LogP contribution in [-0.2, 0) is 23.7 Å². The molecular weight excluding hydrogens is 799 g/mol. The second kappa shape index (κ2) is 35.2. The minimum absolute atomic E-state index is 0.256. The highest BCUT2D eigenvalue weighted by Crippen LogP contribution is 2.30. The Morgan fingerprint density at radius 3 is 1.69 bits per heavy atom. The van der Waals surface area contributed by atoms with E-state index in [0.29, 0.717) is 12.8 Å². The lowest BCUT2D eigenvalue weighted by Gasteiger charge is -2.46. The predicted molar refractivity (Wildman–Crippen MR) is 240 cm³/mol.